The van der Waals surface area contributed by atoms with Crippen molar-refractivity contribution in [2.24, 2.45) is 0 Å². The van der Waals surface area contributed by atoms with Crippen LogP contribution in [0.5, 0.6) is 0 Å². The molecule has 0 spiro atoms. The molecule has 2 rings (SSSR count). The zero-order chi connectivity index (χ0) is 15.2. The van der Waals surface area contributed by atoms with E-state index in [4.69, 9.17) is 4.74 Å². The van der Waals surface area contributed by atoms with Crippen molar-refractivity contribution in [2.75, 3.05) is 33.3 Å². The molecule has 0 radical (unpaired) electrons. The summed E-state index contributed by atoms with van der Waals surface area (Å²) in [5.41, 5.74) is 0.840. The third-order valence-corrected chi connectivity index (χ3v) is 3.74. The molecule has 2 unspecified atom stereocenters. The zero-order valence-corrected chi connectivity index (χ0v) is 12.0. The maximum Gasteiger partial charge on any atom is 0.322 e. The summed E-state index contributed by atoms with van der Waals surface area (Å²) in [5, 5.41) is 12.4. The fourth-order valence-corrected chi connectivity index (χ4v) is 2.59. The second-order valence-electron chi connectivity index (χ2n) is 5.04. The lowest BCUT2D eigenvalue weighted by Gasteiger charge is -2.35. The van der Waals surface area contributed by atoms with Crippen LogP contribution in [-0.4, -0.2) is 61.3 Å². The minimum atomic E-state index is -0.876. The largest absolute Gasteiger partial charge is 0.480 e. The van der Waals surface area contributed by atoms with E-state index < -0.39 is 17.9 Å². The van der Waals surface area contributed by atoms with Crippen LogP contribution in [-0.2, 0) is 14.3 Å². The maximum absolute atomic E-state index is 12.1. The quantitative estimate of drug-likeness (QED) is 0.760. The number of rotatable bonds is 5. The van der Waals surface area contributed by atoms with E-state index in [2.05, 4.69) is 5.32 Å². The fourth-order valence-electron chi connectivity index (χ4n) is 2.59. The van der Waals surface area contributed by atoms with Crippen LogP contribution >= 0.6 is 0 Å². The second kappa shape index (κ2) is 7.19. The fraction of sp³-hybridized carbons (Fsp3) is 0.467. The molecule has 0 bridgehead atoms. The number of carbonyl (C=O) groups excluding carboxylic acids is 1. The number of nitrogens with zero attached hydrogens (tertiary/aromatic N) is 1. The molecule has 1 heterocycles. The van der Waals surface area contributed by atoms with Gasteiger partial charge in [-0.15, -0.1) is 0 Å². The number of ether oxygens (including phenoxy) is 1. The molecule has 114 valence electrons. The molecular formula is C15H20N2O4. The summed E-state index contributed by atoms with van der Waals surface area (Å²) in [7, 11) is 1.35. The Morgan fingerprint density at radius 1 is 1.43 bits per heavy atom. The van der Waals surface area contributed by atoms with Gasteiger partial charge in [0.15, 0.2) is 0 Å². The van der Waals surface area contributed by atoms with Crippen LogP contribution in [0.1, 0.15) is 11.5 Å². The van der Waals surface area contributed by atoms with Crippen molar-refractivity contribution in [1.82, 2.24) is 10.2 Å². The molecule has 0 aliphatic carbocycles. The number of carboxylic acids is 1. The van der Waals surface area contributed by atoms with Crippen LogP contribution in [0.15, 0.2) is 30.3 Å². The molecule has 0 amide bonds. The summed E-state index contributed by atoms with van der Waals surface area (Å²) in [5.74, 6) is -1.70. The van der Waals surface area contributed by atoms with E-state index in [1.54, 1.807) is 0 Å². The number of carboxylic acid groups (broad SMARTS) is 1. The highest BCUT2D eigenvalue weighted by Crippen LogP contribution is 2.20. The van der Waals surface area contributed by atoms with Gasteiger partial charge in [-0.25, -0.2) is 0 Å². The highest BCUT2D eigenvalue weighted by atomic mass is 16.5. The Morgan fingerprint density at radius 3 is 2.76 bits per heavy atom. The van der Waals surface area contributed by atoms with E-state index in [-0.39, 0.29) is 5.97 Å². The van der Waals surface area contributed by atoms with Crippen molar-refractivity contribution in [2.45, 2.75) is 12.0 Å². The number of nitrogens with one attached hydrogen (secondary N) is 1. The minimum Gasteiger partial charge on any atom is -0.480 e. The molecule has 2 N–H and O–H groups in total. The van der Waals surface area contributed by atoms with Crippen LogP contribution in [0.3, 0.4) is 0 Å². The average Bonchev–Trinajstić information content (AvgIpc) is 2.53. The lowest BCUT2D eigenvalue weighted by molar-refractivity contribution is -0.147. The maximum atomic E-state index is 12.1. The van der Waals surface area contributed by atoms with Gasteiger partial charge in [-0.1, -0.05) is 30.3 Å². The van der Waals surface area contributed by atoms with E-state index in [0.29, 0.717) is 26.2 Å². The van der Waals surface area contributed by atoms with E-state index in [1.165, 1.54) is 7.11 Å². The second-order valence-corrected chi connectivity index (χ2v) is 5.04. The lowest BCUT2D eigenvalue weighted by Crippen LogP contribution is -2.56. The Kier molecular flexibility index (Phi) is 5.30. The molecule has 1 aromatic carbocycles. The summed E-state index contributed by atoms with van der Waals surface area (Å²) in [6, 6.07) is 8.70. The molecular weight excluding hydrogens is 272 g/mol. The Bertz CT molecular complexity index is 492. The van der Waals surface area contributed by atoms with Crippen LogP contribution in [0.2, 0.25) is 0 Å². The molecule has 6 nitrogen and oxygen atoms in total. The van der Waals surface area contributed by atoms with E-state index >= 15 is 0 Å². The standard InChI is InChI=1S/C15H20N2O4/c1-21-15(20)12(11-5-3-2-4-6-11)10-17-8-7-16-9-13(17)14(18)19/h2-6,12-13,16H,7-10H2,1H3,(H,18,19). The first-order chi connectivity index (χ1) is 10.1. The summed E-state index contributed by atoms with van der Waals surface area (Å²) in [6.45, 7) is 2.04. The minimum absolute atomic E-state index is 0.343. The van der Waals surface area contributed by atoms with Crippen LogP contribution < -0.4 is 5.32 Å². The van der Waals surface area contributed by atoms with E-state index in [1.807, 2.05) is 35.2 Å². The Hall–Kier alpha value is -1.92. The molecule has 6 heteroatoms. The van der Waals surface area contributed by atoms with E-state index in [0.717, 1.165) is 5.56 Å². The Morgan fingerprint density at radius 2 is 2.14 bits per heavy atom. The molecule has 1 aliphatic rings. The normalized spacial score (nSPS) is 20.7. The van der Waals surface area contributed by atoms with Crippen molar-refractivity contribution in [3.05, 3.63) is 35.9 Å². The van der Waals surface area contributed by atoms with Gasteiger partial charge < -0.3 is 15.2 Å². The average molecular weight is 292 g/mol. The monoisotopic (exact) mass is 292 g/mol. The number of esters is 1. The first kappa shape index (κ1) is 15.5. The number of hydrogen-bond donors (Lipinski definition) is 2. The van der Waals surface area contributed by atoms with Gasteiger partial charge in [-0.05, 0) is 5.56 Å². The molecule has 21 heavy (non-hydrogen) atoms. The zero-order valence-electron chi connectivity index (χ0n) is 12.0. The van der Waals surface area contributed by atoms with Crippen LogP contribution in [0, 0.1) is 0 Å². The Balaban J connectivity index is 2.18. The first-order valence-electron chi connectivity index (χ1n) is 6.94. The topological polar surface area (TPSA) is 78.9 Å². The number of benzene rings is 1. The molecule has 1 aliphatic heterocycles. The first-order valence-corrected chi connectivity index (χ1v) is 6.94. The van der Waals surface area contributed by atoms with Crippen molar-refractivity contribution in [3.63, 3.8) is 0 Å². The van der Waals surface area contributed by atoms with Gasteiger partial charge in [-0.2, -0.15) is 0 Å². The third kappa shape index (κ3) is 3.80. The van der Waals surface area contributed by atoms with Crippen molar-refractivity contribution in [3.8, 4) is 0 Å². The van der Waals surface area contributed by atoms with Crippen molar-refractivity contribution < 1.29 is 19.4 Å². The molecule has 0 saturated carbocycles. The summed E-state index contributed by atoms with van der Waals surface area (Å²) in [4.78, 5) is 25.2. The number of carbonyl (C=O) groups is 2. The number of aliphatic carboxylic acids is 1. The van der Waals surface area contributed by atoms with Gasteiger partial charge in [0.1, 0.15) is 6.04 Å². The highest BCUT2D eigenvalue weighted by Gasteiger charge is 2.33. The number of methoxy groups -OCH3 is 1. The van der Waals surface area contributed by atoms with Crippen LogP contribution in [0.4, 0.5) is 0 Å². The van der Waals surface area contributed by atoms with Crippen molar-refractivity contribution in [1.29, 1.82) is 0 Å². The molecule has 2 atom stereocenters. The Labute approximate surface area is 123 Å². The highest BCUT2D eigenvalue weighted by molar-refractivity contribution is 5.79. The lowest BCUT2D eigenvalue weighted by atomic mass is 9.97. The summed E-state index contributed by atoms with van der Waals surface area (Å²) >= 11 is 0. The van der Waals surface area contributed by atoms with Gasteiger partial charge in [0.25, 0.3) is 0 Å². The summed E-state index contributed by atoms with van der Waals surface area (Å²) < 4.78 is 4.88. The molecule has 0 aromatic heterocycles. The molecule has 1 saturated heterocycles. The van der Waals surface area contributed by atoms with Crippen LogP contribution in [0.25, 0.3) is 0 Å². The van der Waals surface area contributed by atoms with Gasteiger partial charge in [0, 0.05) is 26.2 Å². The number of piperazine rings is 1. The van der Waals surface area contributed by atoms with Gasteiger partial charge in [-0.3, -0.25) is 14.5 Å². The summed E-state index contributed by atoms with van der Waals surface area (Å²) in [6.07, 6.45) is 0. The predicted molar refractivity (Wildman–Crippen MR) is 77.1 cm³/mol. The number of hydrogen-bond acceptors (Lipinski definition) is 5. The van der Waals surface area contributed by atoms with Gasteiger partial charge in [0.05, 0.1) is 13.0 Å². The van der Waals surface area contributed by atoms with Gasteiger partial charge in [0.2, 0.25) is 0 Å². The van der Waals surface area contributed by atoms with Gasteiger partial charge >= 0.3 is 11.9 Å². The van der Waals surface area contributed by atoms with Crippen molar-refractivity contribution >= 4 is 11.9 Å². The third-order valence-electron chi connectivity index (χ3n) is 3.74. The smallest absolute Gasteiger partial charge is 0.322 e. The predicted octanol–water partition coefficient (Wildman–Crippen LogP) is 0.302. The molecule has 1 fully saturated rings. The molecule has 1 aromatic rings. The SMILES string of the molecule is COC(=O)C(CN1CCNCC1C(=O)O)c1ccccc1. The van der Waals surface area contributed by atoms with E-state index in [9.17, 15) is 14.7 Å².